The van der Waals surface area contributed by atoms with E-state index in [0.717, 1.165) is 115 Å². The minimum atomic E-state index is -0.572. The fourth-order valence-corrected chi connectivity index (χ4v) is 13.3. The largest absolute Gasteiger partial charge is 0.508 e. The van der Waals surface area contributed by atoms with E-state index in [1.165, 1.54) is 6.42 Å². The number of phenolic OH excluding ortho intramolecular Hbond substituents is 1. The number of ether oxygens (including phenoxy) is 1. The smallest absolute Gasteiger partial charge is 0.319 e. The molecule has 16 nitrogen and oxygen atoms in total. The molecule has 0 aliphatic carbocycles. The normalized spacial score (nSPS) is 21.6. The zero-order chi connectivity index (χ0) is 53.3. The Bertz CT molecular complexity index is 3250. The lowest BCUT2D eigenvalue weighted by molar-refractivity contribution is -0.138. The molecule has 9 heterocycles. The summed E-state index contributed by atoms with van der Waals surface area (Å²) in [6.07, 6.45) is 9.17. The first-order valence-electron chi connectivity index (χ1n) is 27.8. The number of rotatable bonds is 14. The standard InChI is InChI=1S/C56H62FN11O5S.C3H8/c1-4-34-7-5-8-37-23-41(69)24-43(49(34)37)51-50(57)52-44(27-58-51)54(66-29-39-14-15-40(30-66)61-39)63-56(62-52)72-22-21-65-19-17-45-38(28-65)16-20-67(45)47-25-42(73-64-47)26-48(70)68-18-6-9-46(68)55(71)60-32(2)35-10-12-36(13-11-35)53-33(3)59-31-74-53;1-3-2/h5,7-8,10-13,23-25,27,31-32,38-40,45-46,61,69H,4,6,9,14-22,26,28-30H2,1-3H3,(H,60,71);3H2,1-2H3. The van der Waals surface area contributed by atoms with Crippen LogP contribution in [0.25, 0.3) is 43.4 Å². The van der Waals surface area contributed by atoms with E-state index in [4.69, 9.17) is 24.2 Å². The quantitative estimate of drug-likeness (QED) is 0.0938. The van der Waals surface area contributed by atoms with Crippen molar-refractivity contribution in [1.29, 1.82) is 0 Å². The van der Waals surface area contributed by atoms with Crippen molar-refractivity contribution in [3.05, 3.63) is 101 Å². The molecule has 7 aromatic rings. The van der Waals surface area contributed by atoms with Crippen LogP contribution < -0.4 is 25.2 Å². The van der Waals surface area contributed by atoms with E-state index in [2.05, 4.69) is 68.4 Å². The maximum Gasteiger partial charge on any atom is 0.319 e. The molecule has 5 aliphatic heterocycles. The summed E-state index contributed by atoms with van der Waals surface area (Å²) in [5, 5.41) is 24.3. The van der Waals surface area contributed by atoms with Crippen LogP contribution in [0.3, 0.4) is 0 Å². The van der Waals surface area contributed by atoms with Gasteiger partial charge in [0, 0.05) is 81.8 Å². The summed E-state index contributed by atoms with van der Waals surface area (Å²) < 4.78 is 29.3. The molecule has 18 heteroatoms. The summed E-state index contributed by atoms with van der Waals surface area (Å²) in [7, 11) is 0. The first-order chi connectivity index (χ1) is 37.5. The molecule has 12 rings (SSSR count). The van der Waals surface area contributed by atoms with Gasteiger partial charge in [-0.2, -0.15) is 9.97 Å². The third-order valence-electron chi connectivity index (χ3n) is 16.2. The Balaban J connectivity index is 0.00000206. The molecule has 3 aromatic carbocycles. The van der Waals surface area contributed by atoms with Crippen LogP contribution >= 0.6 is 11.3 Å². The molecule has 0 radical (unpaired) electrons. The Kier molecular flexibility index (Phi) is 15.4. The molecule has 2 bridgehead atoms. The lowest BCUT2D eigenvalue weighted by Gasteiger charge is -2.37. The number of aromatic hydroxyl groups is 1. The number of hydrogen-bond donors (Lipinski definition) is 3. The van der Waals surface area contributed by atoms with Crippen molar-refractivity contribution < 1.29 is 28.3 Å². The van der Waals surface area contributed by atoms with Crippen molar-refractivity contribution in [3.63, 3.8) is 0 Å². The average Bonchev–Trinajstić information content (AvgIpc) is 4.37. The number of nitrogens with one attached hydrogen (secondary N) is 2. The molecular weight excluding hydrogens is 994 g/mol. The Morgan fingerprint density at radius 1 is 0.961 bits per heavy atom. The second kappa shape index (κ2) is 22.7. The van der Waals surface area contributed by atoms with Crippen molar-refractivity contribution in [2.24, 2.45) is 5.92 Å². The lowest BCUT2D eigenvalue weighted by atomic mass is 9.93. The Hall–Kier alpha value is -6.76. The third-order valence-corrected chi connectivity index (χ3v) is 17.2. The van der Waals surface area contributed by atoms with Crippen LogP contribution in [-0.2, 0) is 22.4 Å². The van der Waals surface area contributed by atoms with Crippen LogP contribution in [0.15, 0.2) is 76.9 Å². The van der Waals surface area contributed by atoms with Gasteiger partial charge in [-0.25, -0.2) is 9.37 Å². The highest BCUT2D eigenvalue weighted by atomic mass is 32.1. The Morgan fingerprint density at radius 2 is 1.77 bits per heavy atom. The van der Waals surface area contributed by atoms with Gasteiger partial charge >= 0.3 is 6.01 Å². The van der Waals surface area contributed by atoms with Crippen LogP contribution in [-0.4, -0.2) is 128 Å². The number of piperidine rings is 1. The summed E-state index contributed by atoms with van der Waals surface area (Å²) >= 11 is 1.61. The van der Waals surface area contributed by atoms with E-state index in [0.29, 0.717) is 66.6 Å². The number of likely N-dealkylation sites (tertiary alicyclic amines) is 2. The fourth-order valence-electron chi connectivity index (χ4n) is 12.5. The lowest BCUT2D eigenvalue weighted by Crippen LogP contribution is -2.51. The van der Waals surface area contributed by atoms with E-state index in [1.807, 2.05) is 55.8 Å². The van der Waals surface area contributed by atoms with Crippen LogP contribution in [0, 0.1) is 18.7 Å². The highest BCUT2D eigenvalue weighted by Gasteiger charge is 2.41. The van der Waals surface area contributed by atoms with Gasteiger partial charge < -0.3 is 39.7 Å². The summed E-state index contributed by atoms with van der Waals surface area (Å²) in [6, 6.07) is 19.6. The minimum absolute atomic E-state index is 0.0401. The fraction of sp³-hybridized carbons (Fsp3) is 0.475. The number of piperazine rings is 1. The Labute approximate surface area is 453 Å². The molecule has 5 saturated heterocycles. The molecule has 0 spiro atoms. The molecule has 404 valence electrons. The van der Waals surface area contributed by atoms with Crippen molar-refractivity contribution in [1.82, 2.24) is 45.5 Å². The van der Waals surface area contributed by atoms with Gasteiger partial charge in [0.25, 0.3) is 0 Å². The highest BCUT2D eigenvalue weighted by molar-refractivity contribution is 7.13. The van der Waals surface area contributed by atoms with Gasteiger partial charge in [0.05, 0.1) is 33.9 Å². The predicted molar refractivity (Wildman–Crippen MR) is 299 cm³/mol. The number of aromatic nitrogens is 5. The van der Waals surface area contributed by atoms with E-state index >= 15 is 4.39 Å². The number of fused-ring (bicyclic) bond motifs is 5. The number of aryl methyl sites for hydroxylation is 2. The van der Waals surface area contributed by atoms with Crippen LogP contribution in [0.5, 0.6) is 11.8 Å². The topological polar surface area (TPSA) is 178 Å². The number of thiazole rings is 1. The van der Waals surface area contributed by atoms with Gasteiger partial charge in [0.1, 0.15) is 41.2 Å². The third kappa shape index (κ3) is 10.8. The van der Waals surface area contributed by atoms with Crippen LogP contribution in [0.1, 0.15) is 101 Å². The number of carbonyl (C=O) groups excluding carboxylic acids is 2. The molecule has 0 saturated carbocycles. The van der Waals surface area contributed by atoms with Crippen molar-refractivity contribution in [3.8, 4) is 33.5 Å². The molecule has 77 heavy (non-hydrogen) atoms. The number of halogens is 1. The summed E-state index contributed by atoms with van der Waals surface area (Å²) in [5.74, 6) is 1.45. The minimum Gasteiger partial charge on any atom is -0.508 e. The van der Waals surface area contributed by atoms with E-state index in [1.54, 1.807) is 34.6 Å². The summed E-state index contributed by atoms with van der Waals surface area (Å²) in [5.41, 5.74) is 6.78. The predicted octanol–water partition coefficient (Wildman–Crippen LogP) is 9.42. The van der Waals surface area contributed by atoms with E-state index in [-0.39, 0.29) is 53.3 Å². The second-order valence-electron chi connectivity index (χ2n) is 21.6. The highest BCUT2D eigenvalue weighted by Crippen LogP contribution is 2.40. The number of benzene rings is 3. The van der Waals surface area contributed by atoms with Gasteiger partial charge in [-0.15, -0.1) is 11.3 Å². The maximum atomic E-state index is 17.1. The van der Waals surface area contributed by atoms with Crippen molar-refractivity contribution in [2.75, 3.05) is 62.2 Å². The zero-order valence-electron chi connectivity index (χ0n) is 44.8. The van der Waals surface area contributed by atoms with Crippen molar-refractivity contribution >= 4 is 56.5 Å². The number of phenols is 1. The van der Waals surface area contributed by atoms with Gasteiger partial charge in [-0.05, 0) is 104 Å². The molecule has 6 atom stereocenters. The maximum absolute atomic E-state index is 17.1. The SMILES string of the molecule is CCC.CCc1cccc2cc(O)cc(-c3ncc4c(N5CC6CCC(C5)N6)nc(OCCN5CCC6C(CCN6c6cc(CC(=O)N7CCCC7C(=O)NC(C)c7ccc(-c8scnc8C)cc7)on6)C5)nc4c3F)c12. The van der Waals surface area contributed by atoms with Crippen LogP contribution in [0.4, 0.5) is 16.0 Å². The van der Waals surface area contributed by atoms with E-state index in [9.17, 15) is 14.7 Å². The molecule has 6 unspecified atom stereocenters. The molecular formula is C59H70FN11O5S. The number of anilines is 2. The second-order valence-corrected chi connectivity index (χ2v) is 22.4. The molecule has 5 fully saturated rings. The first kappa shape index (κ1) is 52.3. The average molecular weight is 1060 g/mol. The van der Waals surface area contributed by atoms with Gasteiger partial charge in [0.15, 0.2) is 11.6 Å². The van der Waals surface area contributed by atoms with Gasteiger partial charge in [0.2, 0.25) is 11.8 Å². The van der Waals surface area contributed by atoms with Gasteiger partial charge in [-0.3, -0.25) is 19.5 Å². The molecule has 3 N–H and O–H groups in total. The molecule has 2 amide bonds. The van der Waals surface area contributed by atoms with Gasteiger partial charge in [-0.1, -0.05) is 74.8 Å². The van der Waals surface area contributed by atoms with E-state index < -0.39 is 11.9 Å². The number of amides is 2. The Morgan fingerprint density at radius 3 is 2.53 bits per heavy atom. The first-order valence-corrected chi connectivity index (χ1v) is 28.6. The molecule has 5 aliphatic rings. The monoisotopic (exact) mass is 1060 g/mol. The molecule has 4 aromatic heterocycles. The summed E-state index contributed by atoms with van der Waals surface area (Å²) in [4.78, 5) is 55.9. The number of nitrogens with zero attached hydrogens (tertiary/aromatic N) is 9. The van der Waals surface area contributed by atoms with Crippen molar-refractivity contribution in [2.45, 2.75) is 123 Å². The zero-order valence-corrected chi connectivity index (χ0v) is 45.6. The number of hydrogen-bond acceptors (Lipinski definition) is 15. The number of pyridine rings is 1. The van der Waals surface area contributed by atoms with Crippen LogP contribution in [0.2, 0.25) is 0 Å². The summed E-state index contributed by atoms with van der Waals surface area (Å²) in [6.45, 7) is 15.9. The number of carbonyl (C=O) groups is 2.